The smallest absolute Gasteiger partial charge is 0.274 e. The zero-order valence-electron chi connectivity index (χ0n) is 18.5. The van der Waals surface area contributed by atoms with Crippen LogP contribution in [0.5, 0.6) is 5.75 Å². The molecule has 1 aromatic heterocycles. The molecular weight excluding hydrogens is 396 g/mol. The molecule has 4 rings (SSSR count). The first-order chi connectivity index (χ1) is 15.0. The van der Waals surface area contributed by atoms with E-state index in [-0.39, 0.29) is 18.0 Å². The maximum atomic E-state index is 13.3. The highest BCUT2D eigenvalue weighted by Gasteiger charge is 2.39. The summed E-state index contributed by atoms with van der Waals surface area (Å²) in [6.07, 6.45) is 2.15. The van der Waals surface area contributed by atoms with Crippen molar-refractivity contribution in [2.24, 2.45) is 7.05 Å². The number of carbonyl (C=O) groups excluding carboxylic acids is 1. The van der Waals surface area contributed by atoms with Crippen molar-refractivity contribution >= 4 is 5.91 Å². The van der Waals surface area contributed by atoms with Gasteiger partial charge in [-0.2, -0.15) is 5.10 Å². The van der Waals surface area contributed by atoms with Crippen LogP contribution in [-0.4, -0.2) is 89.2 Å². The number of likely N-dealkylation sites (N-methyl/N-ethyl adjacent to an activating group) is 1. The van der Waals surface area contributed by atoms with E-state index in [9.17, 15) is 9.90 Å². The fraction of sp³-hybridized carbons (Fsp3) is 0.565. The summed E-state index contributed by atoms with van der Waals surface area (Å²) in [4.78, 5) is 17.2. The fourth-order valence-corrected chi connectivity index (χ4v) is 4.80. The third kappa shape index (κ3) is 4.46. The lowest BCUT2D eigenvalue weighted by Gasteiger charge is -2.45. The van der Waals surface area contributed by atoms with Gasteiger partial charge in [0.15, 0.2) is 5.69 Å². The van der Waals surface area contributed by atoms with Gasteiger partial charge in [0.05, 0.1) is 38.2 Å². The van der Waals surface area contributed by atoms with E-state index in [0.29, 0.717) is 18.9 Å². The third-order valence-electron chi connectivity index (χ3n) is 6.61. The molecule has 1 saturated heterocycles. The maximum absolute atomic E-state index is 13.3. The molecule has 8 heteroatoms. The highest BCUT2D eigenvalue weighted by Crippen LogP contribution is 2.29. The Kier molecular flexibility index (Phi) is 6.60. The molecule has 168 valence electrons. The minimum atomic E-state index is -0.578. The number of rotatable bonds is 5. The van der Waals surface area contributed by atoms with Crippen molar-refractivity contribution in [1.82, 2.24) is 19.6 Å². The molecule has 31 heavy (non-hydrogen) atoms. The number of aryl methyl sites for hydroxylation is 1. The number of morpholine rings is 1. The van der Waals surface area contributed by atoms with E-state index in [2.05, 4.69) is 10.00 Å². The fourth-order valence-electron chi connectivity index (χ4n) is 4.80. The zero-order chi connectivity index (χ0) is 22.0. The molecule has 3 atom stereocenters. The molecule has 1 aliphatic heterocycles. The van der Waals surface area contributed by atoms with Gasteiger partial charge in [-0.3, -0.25) is 14.4 Å². The molecule has 0 bridgehead atoms. The Morgan fingerprint density at radius 3 is 2.61 bits per heavy atom. The third-order valence-corrected chi connectivity index (χ3v) is 6.61. The first kappa shape index (κ1) is 21.8. The second-order valence-electron chi connectivity index (χ2n) is 8.39. The van der Waals surface area contributed by atoms with Gasteiger partial charge < -0.3 is 19.5 Å². The van der Waals surface area contributed by atoms with Gasteiger partial charge >= 0.3 is 0 Å². The summed E-state index contributed by atoms with van der Waals surface area (Å²) in [6.45, 7) is 3.06. The Morgan fingerprint density at radius 2 is 1.94 bits per heavy atom. The number of amides is 1. The Morgan fingerprint density at radius 1 is 1.23 bits per heavy atom. The molecule has 1 N–H and O–H groups in total. The predicted octanol–water partition coefficient (Wildman–Crippen LogP) is 1.78. The van der Waals surface area contributed by atoms with Gasteiger partial charge in [0.2, 0.25) is 0 Å². The minimum absolute atomic E-state index is 0.0662. The molecule has 1 aromatic carbocycles. The summed E-state index contributed by atoms with van der Waals surface area (Å²) in [7, 11) is 5.24. The van der Waals surface area contributed by atoms with E-state index in [1.54, 1.807) is 23.7 Å². The second kappa shape index (κ2) is 9.38. The van der Waals surface area contributed by atoms with E-state index in [0.717, 1.165) is 49.4 Å². The molecular formula is C23H32N4O4. The normalized spacial score (nSPS) is 24.7. The van der Waals surface area contributed by atoms with Gasteiger partial charge in [-0.15, -0.1) is 0 Å². The first-order valence-corrected chi connectivity index (χ1v) is 10.9. The predicted molar refractivity (Wildman–Crippen MR) is 117 cm³/mol. The Hall–Kier alpha value is -2.42. The van der Waals surface area contributed by atoms with Crippen LogP contribution < -0.4 is 4.74 Å². The second-order valence-corrected chi connectivity index (χ2v) is 8.39. The van der Waals surface area contributed by atoms with Crippen LogP contribution in [0.15, 0.2) is 30.3 Å². The standard InChI is InChI=1S/C23H32N4O4/c1-25(19-5-4-6-20(22(19)28)27-11-13-31-14-12-27)23(29)18-15-21(26(2)24-18)16-7-9-17(30-3)10-8-16/h7-10,15,19-20,22,28H,4-6,11-14H2,1-3H3/t19-,20-,22-/m1/s1. The van der Waals surface area contributed by atoms with Gasteiger partial charge in [-0.1, -0.05) is 0 Å². The van der Waals surface area contributed by atoms with Crippen molar-refractivity contribution in [2.45, 2.75) is 37.5 Å². The van der Waals surface area contributed by atoms with Crippen molar-refractivity contribution in [3.05, 3.63) is 36.0 Å². The van der Waals surface area contributed by atoms with Gasteiger partial charge in [-0.05, 0) is 49.6 Å². The average Bonchev–Trinajstić information content (AvgIpc) is 3.20. The van der Waals surface area contributed by atoms with Crippen molar-refractivity contribution in [3.63, 3.8) is 0 Å². The average molecular weight is 429 g/mol. The molecule has 2 aromatic rings. The minimum Gasteiger partial charge on any atom is -0.497 e. The Bertz CT molecular complexity index is 891. The summed E-state index contributed by atoms with van der Waals surface area (Å²) in [5.74, 6) is 0.616. The number of hydrogen-bond donors (Lipinski definition) is 1. The number of methoxy groups -OCH3 is 1. The number of benzene rings is 1. The van der Waals surface area contributed by atoms with Crippen molar-refractivity contribution < 1.29 is 19.4 Å². The van der Waals surface area contributed by atoms with E-state index >= 15 is 0 Å². The number of carbonyl (C=O) groups is 1. The highest BCUT2D eigenvalue weighted by atomic mass is 16.5. The van der Waals surface area contributed by atoms with Crippen LogP contribution in [0, 0.1) is 0 Å². The number of nitrogens with zero attached hydrogens (tertiary/aromatic N) is 4. The Labute approximate surface area is 183 Å². The maximum Gasteiger partial charge on any atom is 0.274 e. The number of aliphatic hydroxyl groups excluding tert-OH is 1. The van der Waals surface area contributed by atoms with Crippen molar-refractivity contribution in [2.75, 3.05) is 40.5 Å². The van der Waals surface area contributed by atoms with Crippen LogP contribution in [0.1, 0.15) is 29.8 Å². The molecule has 2 aliphatic rings. The number of hydrogen-bond acceptors (Lipinski definition) is 6. The van der Waals surface area contributed by atoms with Gasteiger partial charge in [0.1, 0.15) is 5.75 Å². The van der Waals surface area contributed by atoms with Crippen LogP contribution in [0.4, 0.5) is 0 Å². The summed E-state index contributed by atoms with van der Waals surface area (Å²) >= 11 is 0. The molecule has 0 radical (unpaired) electrons. The summed E-state index contributed by atoms with van der Waals surface area (Å²) < 4.78 is 12.4. The van der Waals surface area contributed by atoms with E-state index < -0.39 is 6.10 Å². The van der Waals surface area contributed by atoms with Crippen LogP contribution in [0.3, 0.4) is 0 Å². The molecule has 1 saturated carbocycles. The summed E-state index contributed by atoms with van der Waals surface area (Å²) in [5.41, 5.74) is 2.20. The lowest BCUT2D eigenvalue weighted by atomic mass is 9.86. The molecule has 2 heterocycles. The van der Waals surface area contributed by atoms with E-state index in [1.807, 2.05) is 37.4 Å². The molecule has 1 aliphatic carbocycles. The van der Waals surface area contributed by atoms with E-state index in [4.69, 9.17) is 9.47 Å². The molecule has 1 amide bonds. The first-order valence-electron chi connectivity index (χ1n) is 10.9. The SMILES string of the molecule is COc1ccc(-c2cc(C(=O)N(C)[C@@H]3CCC[C@@H](N4CCOCC4)[C@@H]3O)nn2C)cc1. The highest BCUT2D eigenvalue weighted by molar-refractivity contribution is 5.93. The monoisotopic (exact) mass is 428 g/mol. The van der Waals surface area contributed by atoms with E-state index in [1.165, 1.54) is 0 Å². The van der Waals surface area contributed by atoms with Crippen LogP contribution in [0.2, 0.25) is 0 Å². The summed E-state index contributed by atoms with van der Waals surface area (Å²) in [5, 5.41) is 15.6. The lowest BCUT2D eigenvalue weighted by molar-refractivity contribution is -0.0614. The molecule has 8 nitrogen and oxygen atoms in total. The van der Waals surface area contributed by atoms with Gasteiger partial charge in [-0.25, -0.2) is 0 Å². The quantitative estimate of drug-likeness (QED) is 0.782. The number of ether oxygens (including phenoxy) is 2. The molecule has 0 spiro atoms. The van der Waals surface area contributed by atoms with Crippen LogP contribution in [-0.2, 0) is 11.8 Å². The zero-order valence-corrected chi connectivity index (χ0v) is 18.5. The largest absolute Gasteiger partial charge is 0.497 e. The molecule has 2 fully saturated rings. The lowest BCUT2D eigenvalue weighted by Crippen LogP contribution is -2.58. The van der Waals surface area contributed by atoms with Crippen molar-refractivity contribution in [1.29, 1.82) is 0 Å². The number of aromatic nitrogens is 2. The van der Waals surface area contributed by atoms with Crippen LogP contribution >= 0.6 is 0 Å². The van der Waals surface area contributed by atoms with Crippen LogP contribution in [0.25, 0.3) is 11.3 Å². The summed E-state index contributed by atoms with van der Waals surface area (Å²) in [6, 6.07) is 9.34. The topological polar surface area (TPSA) is 80.1 Å². The van der Waals surface area contributed by atoms with Gasteiger partial charge in [0, 0.05) is 38.8 Å². The van der Waals surface area contributed by atoms with Crippen molar-refractivity contribution in [3.8, 4) is 17.0 Å². The molecule has 0 unspecified atom stereocenters. The Balaban J connectivity index is 1.49. The van der Waals surface area contributed by atoms with Gasteiger partial charge in [0.25, 0.3) is 5.91 Å². The number of aliphatic hydroxyl groups is 1.